The van der Waals surface area contributed by atoms with Gasteiger partial charge in [-0.3, -0.25) is 0 Å². The van der Waals surface area contributed by atoms with Crippen molar-refractivity contribution in [3.63, 3.8) is 0 Å². The lowest BCUT2D eigenvalue weighted by molar-refractivity contribution is 0.0694. The van der Waals surface area contributed by atoms with Crippen molar-refractivity contribution >= 4 is 11.7 Å². The number of phenols is 1. The first kappa shape index (κ1) is 14.4. The number of aromatic carboxylic acids is 1. The summed E-state index contributed by atoms with van der Waals surface area (Å²) in [6.07, 6.45) is 2.12. The second-order valence-corrected chi connectivity index (χ2v) is 5.77. The number of rotatable bonds is 3. The molecule has 0 amide bonds. The molecule has 0 aromatic heterocycles. The zero-order valence-electron chi connectivity index (χ0n) is 12.4. The molecule has 1 aliphatic heterocycles. The average Bonchev–Trinajstić information content (AvgIpc) is 2.89. The maximum Gasteiger partial charge on any atom is 0.339 e. The fourth-order valence-corrected chi connectivity index (χ4v) is 3.28. The lowest BCUT2D eigenvalue weighted by atomic mass is 10.0. The molecule has 2 N–H and O–H groups in total. The van der Waals surface area contributed by atoms with Gasteiger partial charge in [0.2, 0.25) is 0 Å². The highest BCUT2D eigenvalue weighted by atomic mass is 16.4. The largest absolute Gasteiger partial charge is 0.507 e. The van der Waals surface area contributed by atoms with Crippen LogP contribution in [-0.2, 0) is 0 Å². The predicted molar refractivity (Wildman–Crippen MR) is 85.4 cm³/mol. The Kier molecular flexibility index (Phi) is 3.75. The lowest BCUT2D eigenvalue weighted by Gasteiger charge is -2.31. The topological polar surface area (TPSA) is 60.8 Å². The maximum atomic E-state index is 11.0. The van der Waals surface area contributed by atoms with Crippen LogP contribution in [0.25, 0.3) is 0 Å². The molecule has 4 nitrogen and oxygen atoms in total. The van der Waals surface area contributed by atoms with E-state index in [-0.39, 0.29) is 17.4 Å². The summed E-state index contributed by atoms with van der Waals surface area (Å²) in [7, 11) is 0. The third-order valence-corrected chi connectivity index (χ3v) is 4.36. The molecule has 2 unspecified atom stereocenters. The molecule has 0 bridgehead atoms. The number of hydrogen-bond donors (Lipinski definition) is 2. The molecule has 1 fully saturated rings. The van der Waals surface area contributed by atoms with Crippen LogP contribution in [0.15, 0.2) is 48.5 Å². The van der Waals surface area contributed by atoms with E-state index in [1.165, 1.54) is 11.6 Å². The van der Waals surface area contributed by atoms with Gasteiger partial charge in [-0.15, -0.1) is 0 Å². The molecule has 4 heteroatoms. The summed E-state index contributed by atoms with van der Waals surface area (Å²) in [4.78, 5) is 13.3. The van der Waals surface area contributed by atoms with Crippen LogP contribution in [0.5, 0.6) is 5.75 Å². The van der Waals surface area contributed by atoms with Gasteiger partial charge in [-0.25, -0.2) is 4.79 Å². The van der Waals surface area contributed by atoms with Crippen LogP contribution in [0, 0.1) is 0 Å². The van der Waals surface area contributed by atoms with E-state index in [4.69, 9.17) is 5.11 Å². The zero-order valence-corrected chi connectivity index (χ0v) is 12.4. The molecule has 2 aromatic rings. The minimum absolute atomic E-state index is 0.0631. The molecule has 2 aromatic carbocycles. The Balaban J connectivity index is 1.98. The molecule has 0 saturated carbocycles. The second-order valence-electron chi connectivity index (χ2n) is 5.77. The molecule has 1 aliphatic rings. The summed E-state index contributed by atoms with van der Waals surface area (Å²) in [5.74, 6) is -1.30. The molecule has 2 atom stereocenters. The highest BCUT2D eigenvalue weighted by Gasteiger charge is 2.32. The number of carbonyl (C=O) groups is 1. The van der Waals surface area contributed by atoms with E-state index < -0.39 is 5.97 Å². The summed E-state index contributed by atoms with van der Waals surface area (Å²) in [6.45, 7) is 2.16. The average molecular weight is 297 g/mol. The van der Waals surface area contributed by atoms with Crippen LogP contribution >= 0.6 is 0 Å². The first-order valence-electron chi connectivity index (χ1n) is 7.47. The Labute approximate surface area is 129 Å². The van der Waals surface area contributed by atoms with Crippen molar-refractivity contribution in [2.45, 2.75) is 31.8 Å². The van der Waals surface area contributed by atoms with Gasteiger partial charge in [0.05, 0.1) is 6.04 Å². The van der Waals surface area contributed by atoms with Crippen molar-refractivity contribution in [1.29, 1.82) is 0 Å². The van der Waals surface area contributed by atoms with Crippen LogP contribution in [-0.4, -0.2) is 22.2 Å². The highest BCUT2D eigenvalue weighted by molar-refractivity contribution is 5.91. The molecule has 1 saturated heterocycles. The first-order chi connectivity index (χ1) is 10.6. The van der Waals surface area contributed by atoms with Crippen molar-refractivity contribution in [3.8, 4) is 5.75 Å². The Hall–Kier alpha value is -2.49. The van der Waals surface area contributed by atoms with E-state index in [1.54, 1.807) is 12.1 Å². The van der Waals surface area contributed by atoms with Gasteiger partial charge in [0.25, 0.3) is 0 Å². The second kappa shape index (κ2) is 5.72. The summed E-state index contributed by atoms with van der Waals surface area (Å²) in [6, 6.07) is 15.7. The van der Waals surface area contributed by atoms with Crippen LogP contribution in [0.1, 0.15) is 41.7 Å². The third-order valence-electron chi connectivity index (χ3n) is 4.36. The van der Waals surface area contributed by atoms with Crippen LogP contribution in [0.2, 0.25) is 0 Å². The smallest absolute Gasteiger partial charge is 0.339 e. The summed E-state index contributed by atoms with van der Waals surface area (Å²) >= 11 is 0. The van der Waals surface area contributed by atoms with Crippen molar-refractivity contribution < 1.29 is 15.0 Å². The normalized spacial score (nSPS) is 21.0. The van der Waals surface area contributed by atoms with Gasteiger partial charge >= 0.3 is 5.97 Å². The first-order valence-corrected chi connectivity index (χ1v) is 7.47. The molecular weight excluding hydrogens is 278 g/mol. The molecule has 0 spiro atoms. The zero-order chi connectivity index (χ0) is 15.7. The number of carboxylic acid groups (broad SMARTS) is 1. The Morgan fingerprint density at radius 3 is 2.50 bits per heavy atom. The molecule has 1 heterocycles. The van der Waals surface area contributed by atoms with Gasteiger partial charge in [0.1, 0.15) is 11.3 Å². The summed E-state index contributed by atoms with van der Waals surface area (Å²) in [5, 5.41) is 19.0. The van der Waals surface area contributed by atoms with E-state index in [9.17, 15) is 9.90 Å². The standard InChI is InChI=1S/C18H19NO3/c1-12-7-10-16(13-5-3-2-4-6-13)19(12)14-8-9-15(18(21)22)17(20)11-14/h2-6,8-9,11-12,16,20H,7,10H2,1H3,(H,21,22). The minimum atomic E-state index is -1.11. The van der Waals surface area contributed by atoms with Gasteiger partial charge in [-0.05, 0) is 37.5 Å². The monoisotopic (exact) mass is 297 g/mol. The van der Waals surface area contributed by atoms with Gasteiger partial charge < -0.3 is 15.1 Å². The third kappa shape index (κ3) is 2.52. The summed E-state index contributed by atoms with van der Waals surface area (Å²) < 4.78 is 0. The lowest BCUT2D eigenvalue weighted by Crippen LogP contribution is -2.29. The fourth-order valence-electron chi connectivity index (χ4n) is 3.28. The Morgan fingerprint density at radius 1 is 1.14 bits per heavy atom. The predicted octanol–water partition coefficient (Wildman–Crippen LogP) is 3.82. The van der Waals surface area contributed by atoms with Crippen molar-refractivity contribution in [3.05, 3.63) is 59.7 Å². The number of nitrogens with zero attached hydrogens (tertiary/aromatic N) is 1. The maximum absolute atomic E-state index is 11.0. The van der Waals surface area contributed by atoms with Crippen LogP contribution in [0.3, 0.4) is 0 Å². The highest BCUT2D eigenvalue weighted by Crippen LogP contribution is 2.41. The van der Waals surface area contributed by atoms with Gasteiger partial charge in [-0.1, -0.05) is 30.3 Å². The number of anilines is 1. The number of carboxylic acids is 1. The SMILES string of the molecule is CC1CCC(c2ccccc2)N1c1ccc(C(=O)O)c(O)c1. The fraction of sp³-hybridized carbons (Fsp3) is 0.278. The molecule has 22 heavy (non-hydrogen) atoms. The van der Waals surface area contributed by atoms with Gasteiger partial charge in [-0.2, -0.15) is 0 Å². The number of benzene rings is 2. The van der Waals surface area contributed by atoms with Gasteiger partial charge in [0.15, 0.2) is 0 Å². The Bertz CT molecular complexity index is 684. The van der Waals surface area contributed by atoms with E-state index in [2.05, 4.69) is 24.0 Å². The molecule has 3 rings (SSSR count). The molecular formula is C18H19NO3. The van der Waals surface area contributed by atoms with Crippen LogP contribution in [0.4, 0.5) is 5.69 Å². The number of aromatic hydroxyl groups is 1. The summed E-state index contributed by atoms with van der Waals surface area (Å²) in [5.41, 5.74) is 2.04. The quantitative estimate of drug-likeness (QED) is 0.904. The van der Waals surface area contributed by atoms with Crippen molar-refractivity contribution in [1.82, 2.24) is 0 Å². The molecule has 0 aliphatic carbocycles. The van der Waals surface area contributed by atoms with E-state index in [1.807, 2.05) is 18.2 Å². The van der Waals surface area contributed by atoms with E-state index in [0.29, 0.717) is 6.04 Å². The van der Waals surface area contributed by atoms with Gasteiger partial charge in [0, 0.05) is 17.8 Å². The van der Waals surface area contributed by atoms with Crippen LogP contribution < -0.4 is 4.90 Å². The van der Waals surface area contributed by atoms with Crippen molar-refractivity contribution in [2.24, 2.45) is 0 Å². The minimum Gasteiger partial charge on any atom is -0.507 e. The van der Waals surface area contributed by atoms with E-state index in [0.717, 1.165) is 18.5 Å². The molecule has 114 valence electrons. The van der Waals surface area contributed by atoms with E-state index >= 15 is 0 Å². The molecule has 0 radical (unpaired) electrons. The number of hydrogen-bond acceptors (Lipinski definition) is 3. The van der Waals surface area contributed by atoms with Crippen molar-refractivity contribution in [2.75, 3.05) is 4.90 Å². The Morgan fingerprint density at radius 2 is 1.86 bits per heavy atom.